The van der Waals surface area contributed by atoms with Crippen LogP contribution in [-0.2, 0) is 9.84 Å². The summed E-state index contributed by atoms with van der Waals surface area (Å²) in [6, 6.07) is 15.5. The maximum absolute atomic E-state index is 13.9. The van der Waals surface area contributed by atoms with Gasteiger partial charge in [-0.25, -0.2) is 8.42 Å². The van der Waals surface area contributed by atoms with Crippen molar-refractivity contribution in [2.45, 2.75) is 15.0 Å². The molecule has 0 aromatic heterocycles. The molecule has 0 amide bonds. The van der Waals surface area contributed by atoms with Gasteiger partial charge in [-0.3, -0.25) is 0 Å². The molecular formula is C15H12F2O2S2. The van der Waals surface area contributed by atoms with Gasteiger partial charge in [0, 0.05) is 11.0 Å². The minimum Gasteiger partial charge on any atom is -0.217 e. The van der Waals surface area contributed by atoms with Crippen LogP contribution in [0.5, 0.6) is 0 Å². The Morgan fingerprint density at radius 2 is 1.43 bits per heavy atom. The molecule has 0 radical (unpaired) electrons. The lowest BCUT2D eigenvalue weighted by atomic mass is 10.4. The second-order valence-corrected chi connectivity index (χ2v) is 7.11. The monoisotopic (exact) mass is 326 g/mol. The van der Waals surface area contributed by atoms with Crippen LogP contribution >= 0.6 is 11.8 Å². The van der Waals surface area contributed by atoms with E-state index in [4.69, 9.17) is 0 Å². The second kappa shape index (κ2) is 6.41. The number of rotatable bonds is 5. The lowest BCUT2D eigenvalue weighted by molar-refractivity contribution is 0.147. The third kappa shape index (κ3) is 3.71. The molecule has 0 saturated carbocycles. The lowest BCUT2D eigenvalue weighted by Crippen LogP contribution is -2.26. The van der Waals surface area contributed by atoms with Crippen molar-refractivity contribution in [2.24, 2.45) is 0 Å². The smallest absolute Gasteiger partial charge is 0.217 e. The fraction of sp³-hybridized carbons (Fsp3) is 0.0667. The molecule has 0 heterocycles. The van der Waals surface area contributed by atoms with Gasteiger partial charge in [-0.15, -0.1) is 0 Å². The highest BCUT2D eigenvalue weighted by Gasteiger charge is 2.43. The zero-order valence-electron chi connectivity index (χ0n) is 10.8. The van der Waals surface area contributed by atoms with E-state index in [2.05, 4.69) is 0 Å². The van der Waals surface area contributed by atoms with E-state index in [1.165, 1.54) is 12.1 Å². The van der Waals surface area contributed by atoms with Crippen LogP contribution in [0.15, 0.2) is 81.9 Å². The Morgan fingerprint density at radius 1 is 0.905 bits per heavy atom. The Morgan fingerprint density at radius 3 is 2.00 bits per heavy atom. The fourth-order valence-corrected chi connectivity index (χ4v) is 3.41. The van der Waals surface area contributed by atoms with Crippen molar-refractivity contribution in [2.75, 3.05) is 0 Å². The zero-order valence-corrected chi connectivity index (χ0v) is 12.5. The molecule has 21 heavy (non-hydrogen) atoms. The number of alkyl halides is 2. The average molecular weight is 326 g/mol. The normalized spacial score (nSPS) is 12.7. The van der Waals surface area contributed by atoms with E-state index >= 15 is 0 Å². The third-order valence-corrected chi connectivity index (χ3v) is 5.18. The number of hydrogen-bond acceptors (Lipinski definition) is 3. The number of sulfone groups is 1. The predicted molar refractivity (Wildman–Crippen MR) is 80.0 cm³/mol. The van der Waals surface area contributed by atoms with Gasteiger partial charge in [0.1, 0.15) is 0 Å². The van der Waals surface area contributed by atoms with E-state index in [9.17, 15) is 17.2 Å². The summed E-state index contributed by atoms with van der Waals surface area (Å²) in [6.45, 7) is 0. The number of halogens is 2. The molecule has 2 nitrogen and oxygen atoms in total. The molecule has 0 atom stereocenters. The van der Waals surface area contributed by atoms with E-state index in [0.29, 0.717) is 6.08 Å². The summed E-state index contributed by atoms with van der Waals surface area (Å²) in [5, 5.41) is -2.86. The summed E-state index contributed by atoms with van der Waals surface area (Å²) in [5.41, 5.74) is 0. The predicted octanol–water partition coefficient (Wildman–Crippen LogP) is 4.36. The van der Waals surface area contributed by atoms with Crippen molar-refractivity contribution in [1.29, 1.82) is 0 Å². The Bertz CT molecular complexity index is 712. The molecule has 2 aromatic rings. The number of benzene rings is 2. The van der Waals surface area contributed by atoms with E-state index in [1.54, 1.807) is 30.3 Å². The first-order chi connectivity index (χ1) is 9.93. The molecule has 0 spiro atoms. The minimum absolute atomic E-state index is 0.399. The zero-order chi connectivity index (χ0) is 15.3. The fourth-order valence-electron chi connectivity index (χ4n) is 1.54. The van der Waals surface area contributed by atoms with Gasteiger partial charge in [0.25, 0.3) is 0 Å². The molecule has 0 aliphatic heterocycles. The summed E-state index contributed by atoms with van der Waals surface area (Å²) in [6.07, 6.45) is 0.410. The van der Waals surface area contributed by atoms with Crippen molar-refractivity contribution in [3.63, 3.8) is 0 Å². The van der Waals surface area contributed by atoms with E-state index in [0.717, 1.165) is 34.2 Å². The molecule has 6 heteroatoms. The van der Waals surface area contributed by atoms with Crippen LogP contribution in [0.25, 0.3) is 0 Å². The Hall–Kier alpha value is -1.66. The van der Waals surface area contributed by atoms with Crippen LogP contribution < -0.4 is 0 Å². The van der Waals surface area contributed by atoms with Crippen LogP contribution in [0.1, 0.15) is 0 Å². The molecule has 0 saturated heterocycles. The third-order valence-electron chi connectivity index (χ3n) is 2.62. The molecule has 0 aliphatic rings. The van der Waals surface area contributed by atoms with Gasteiger partial charge in [0.15, 0.2) is 0 Å². The molecule has 0 unspecified atom stereocenters. The van der Waals surface area contributed by atoms with Gasteiger partial charge in [0.2, 0.25) is 9.84 Å². The van der Waals surface area contributed by atoms with Crippen molar-refractivity contribution < 1.29 is 17.2 Å². The summed E-state index contributed by atoms with van der Waals surface area (Å²) in [4.78, 5) is 0.353. The van der Waals surface area contributed by atoms with Gasteiger partial charge in [-0.2, -0.15) is 8.78 Å². The SMILES string of the molecule is O=S(=O)(c1ccccc1)C(F)(F)C=CSc1ccccc1. The highest BCUT2D eigenvalue weighted by Crippen LogP contribution is 2.31. The first-order valence-electron chi connectivity index (χ1n) is 6.00. The molecule has 110 valence electrons. The van der Waals surface area contributed by atoms with Gasteiger partial charge >= 0.3 is 5.25 Å². The van der Waals surface area contributed by atoms with Crippen LogP contribution in [-0.4, -0.2) is 13.7 Å². The van der Waals surface area contributed by atoms with E-state index in [-0.39, 0.29) is 0 Å². The van der Waals surface area contributed by atoms with Crippen molar-refractivity contribution >= 4 is 21.6 Å². The van der Waals surface area contributed by atoms with Crippen LogP contribution in [0.3, 0.4) is 0 Å². The second-order valence-electron chi connectivity index (χ2n) is 4.11. The molecule has 0 N–H and O–H groups in total. The van der Waals surface area contributed by atoms with Crippen molar-refractivity contribution in [3.8, 4) is 0 Å². The van der Waals surface area contributed by atoms with E-state index in [1.807, 2.05) is 6.07 Å². The molecule has 2 aromatic carbocycles. The highest BCUT2D eigenvalue weighted by atomic mass is 32.2. The summed E-state index contributed by atoms with van der Waals surface area (Å²) in [5.74, 6) is 0. The van der Waals surface area contributed by atoms with Gasteiger partial charge in [-0.05, 0) is 29.7 Å². The van der Waals surface area contributed by atoms with Gasteiger partial charge < -0.3 is 0 Å². The van der Waals surface area contributed by atoms with E-state index < -0.39 is 20.0 Å². The highest BCUT2D eigenvalue weighted by molar-refractivity contribution is 8.02. The Balaban J connectivity index is 2.18. The van der Waals surface area contributed by atoms with Crippen LogP contribution in [0.2, 0.25) is 0 Å². The first-order valence-corrected chi connectivity index (χ1v) is 8.37. The molecular weight excluding hydrogens is 314 g/mol. The lowest BCUT2D eigenvalue weighted by Gasteiger charge is -2.12. The first kappa shape index (κ1) is 15.7. The number of thioether (sulfide) groups is 1. The van der Waals surface area contributed by atoms with Crippen LogP contribution in [0.4, 0.5) is 8.78 Å². The summed E-state index contributed by atoms with van der Waals surface area (Å²) < 4.78 is 51.6. The Kier molecular flexibility index (Phi) is 4.80. The van der Waals surface area contributed by atoms with Crippen molar-refractivity contribution in [3.05, 3.63) is 72.1 Å². The maximum Gasteiger partial charge on any atom is 0.369 e. The largest absolute Gasteiger partial charge is 0.369 e. The quantitative estimate of drug-likeness (QED) is 0.766. The van der Waals surface area contributed by atoms with Gasteiger partial charge in [-0.1, -0.05) is 48.2 Å². The topological polar surface area (TPSA) is 34.1 Å². The Labute approximate surface area is 126 Å². The van der Waals surface area contributed by atoms with Crippen LogP contribution in [0, 0.1) is 0 Å². The summed E-state index contributed by atoms with van der Waals surface area (Å²) in [7, 11) is -4.73. The molecule has 2 rings (SSSR count). The standard InChI is InChI=1S/C15H12F2O2S2/c16-15(17,11-12-20-13-7-3-1-4-8-13)21(18,19)14-9-5-2-6-10-14/h1-12H. The maximum atomic E-state index is 13.9. The molecule has 0 aliphatic carbocycles. The van der Waals surface area contributed by atoms with Gasteiger partial charge in [0.05, 0.1) is 4.90 Å². The summed E-state index contributed by atoms with van der Waals surface area (Å²) >= 11 is 1.03. The van der Waals surface area contributed by atoms with Crippen molar-refractivity contribution in [1.82, 2.24) is 0 Å². The molecule has 0 fully saturated rings. The molecule has 0 bridgehead atoms. The average Bonchev–Trinajstić information content (AvgIpc) is 2.49. The number of hydrogen-bond donors (Lipinski definition) is 0. The minimum atomic E-state index is -4.73.